The van der Waals surface area contributed by atoms with Gasteiger partial charge in [-0.25, -0.2) is 4.79 Å². The molecule has 9 heteroatoms. The molecule has 2 aromatic heterocycles. The van der Waals surface area contributed by atoms with Gasteiger partial charge < -0.3 is 15.4 Å². The number of aromatic nitrogens is 4. The molecule has 4 N–H and O–H groups in total. The van der Waals surface area contributed by atoms with Crippen LogP contribution in [0, 0.1) is 0 Å². The molecule has 0 aliphatic heterocycles. The van der Waals surface area contributed by atoms with Gasteiger partial charge in [-0.3, -0.25) is 19.1 Å². The van der Waals surface area contributed by atoms with Crippen LogP contribution in [-0.2, 0) is 11.3 Å². The first kappa shape index (κ1) is 15.8. The number of aliphatic carboxylic acids is 1. The van der Waals surface area contributed by atoms with Gasteiger partial charge in [0.1, 0.15) is 0 Å². The second-order valence-corrected chi connectivity index (χ2v) is 4.97. The summed E-state index contributed by atoms with van der Waals surface area (Å²) >= 11 is 0. The molecule has 0 atom stereocenters. The summed E-state index contributed by atoms with van der Waals surface area (Å²) in [6, 6.07) is 0. The minimum Gasteiger partial charge on any atom is -0.481 e. The number of carboxylic acid groups (broad SMARTS) is 1. The van der Waals surface area contributed by atoms with Crippen molar-refractivity contribution in [3.8, 4) is 0 Å². The molecule has 0 amide bonds. The van der Waals surface area contributed by atoms with Crippen molar-refractivity contribution < 1.29 is 9.90 Å². The summed E-state index contributed by atoms with van der Waals surface area (Å²) in [6.07, 6.45) is 2.20. The van der Waals surface area contributed by atoms with Crippen molar-refractivity contribution in [1.82, 2.24) is 19.5 Å². The molecule has 22 heavy (non-hydrogen) atoms. The third kappa shape index (κ3) is 3.54. The summed E-state index contributed by atoms with van der Waals surface area (Å²) in [4.78, 5) is 43.4. The molecule has 2 aromatic rings. The average molecular weight is 309 g/mol. The van der Waals surface area contributed by atoms with Gasteiger partial charge in [-0.1, -0.05) is 13.3 Å². The van der Waals surface area contributed by atoms with Crippen LogP contribution < -0.4 is 16.6 Å². The Labute approximate surface area is 125 Å². The maximum Gasteiger partial charge on any atom is 0.330 e. The number of unbranched alkanes of at least 4 members (excludes halogenated alkanes) is 1. The number of anilines is 1. The quantitative estimate of drug-likeness (QED) is 0.524. The van der Waals surface area contributed by atoms with E-state index in [1.165, 1.54) is 4.57 Å². The summed E-state index contributed by atoms with van der Waals surface area (Å²) in [6.45, 7) is 2.89. The van der Waals surface area contributed by atoms with Crippen molar-refractivity contribution in [2.75, 3.05) is 11.9 Å². The minimum absolute atomic E-state index is 0.0506. The van der Waals surface area contributed by atoms with Gasteiger partial charge in [0, 0.05) is 19.5 Å². The van der Waals surface area contributed by atoms with Crippen LogP contribution in [0.3, 0.4) is 0 Å². The summed E-state index contributed by atoms with van der Waals surface area (Å²) in [5, 5.41) is 11.5. The molecule has 0 saturated heterocycles. The van der Waals surface area contributed by atoms with Gasteiger partial charge in [-0.2, -0.15) is 4.98 Å². The van der Waals surface area contributed by atoms with E-state index in [2.05, 4.69) is 20.3 Å². The number of H-pyrrole nitrogens is 2. The second-order valence-electron chi connectivity index (χ2n) is 4.97. The van der Waals surface area contributed by atoms with Crippen molar-refractivity contribution in [3.63, 3.8) is 0 Å². The van der Waals surface area contributed by atoms with E-state index in [4.69, 9.17) is 5.11 Å². The zero-order chi connectivity index (χ0) is 16.1. The number of imidazole rings is 1. The summed E-state index contributed by atoms with van der Waals surface area (Å²) < 4.78 is 1.43. The number of aromatic amines is 2. The molecular weight excluding hydrogens is 290 g/mol. The summed E-state index contributed by atoms with van der Waals surface area (Å²) in [5.74, 6) is -0.516. The molecule has 0 unspecified atom stereocenters. The largest absolute Gasteiger partial charge is 0.481 e. The van der Waals surface area contributed by atoms with Gasteiger partial charge in [0.15, 0.2) is 11.2 Å². The van der Waals surface area contributed by atoms with E-state index in [0.29, 0.717) is 31.1 Å². The van der Waals surface area contributed by atoms with Gasteiger partial charge in [-0.15, -0.1) is 0 Å². The van der Waals surface area contributed by atoms with E-state index < -0.39 is 17.2 Å². The highest BCUT2D eigenvalue weighted by atomic mass is 16.4. The normalized spacial score (nSPS) is 11.0. The fourth-order valence-corrected chi connectivity index (χ4v) is 2.09. The molecule has 0 aliphatic carbocycles. The van der Waals surface area contributed by atoms with Gasteiger partial charge in [0.2, 0.25) is 5.95 Å². The fourth-order valence-electron chi connectivity index (χ4n) is 2.09. The van der Waals surface area contributed by atoms with E-state index >= 15 is 0 Å². The predicted octanol–water partition coefficient (Wildman–Crippen LogP) is 0.490. The van der Waals surface area contributed by atoms with E-state index in [9.17, 15) is 14.4 Å². The van der Waals surface area contributed by atoms with Crippen molar-refractivity contribution >= 4 is 23.1 Å². The molecule has 0 saturated carbocycles. The van der Waals surface area contributed by atoms with Crippen molar-refractivity contribution in [1.29, 1.82) is 0 Å². The maximum atomic E-state index is 11.9. The highest BCUT2D eigenvalue weighted by Gasteiger charge is 2.12. The Kier molecular flexibility index (Phi) is 4.97. The van der Waals surface area contributed by atoms with E-state index in [0.717, 1.165) is 12.8 Å². The van der Waals surface area contributed by atoms with Crippen LogP contribution in [0.15, 0.2) is 9.59 Å². The molecule has 9 nitrogen and oxygen atoms in total. The number of hydrogen-bond acceptors (Lipinski definition) is 5. The predicted molar refractivity (Wildman–Crippen MR) is 81.2 cm³/mol. The lowest BCUT2D eigenvalue weighted by Gasteiger charge is -2.03. The van der Waals surface area contributed by atoms with Crippen LogP contribution in [-0.4, -0.2) is 37.1 Å². The topological polar surface area (TPSA) is 133 Å². The number of aryl methyl sites for hydroxylation is 1. The molecule has 0 spiro atoms. The highest BCUT2D eigenvalue weighted by molar-refractivity contribution is 5.72. The van der Waals surface area contributed by atoms with E-state index in [-0.39, 0.29) is 11.9 Å². The molecule has 0 radical (unpaired) electrons. The minimum atomic E-state index is -0.865. The number of nitrogens with zero attached hydrogens (tertiary/aromatic N) is 2. The Bertz CT molecular complexity index is 773. The van der Waals surface area contributed by atoms with Crippen LogP contribution in [0.1, 0.15) is 32.6 Å². The zero-order valence-electron chi connectivity index (χ0n) is 12.3. The molecule has 0 fully saturated rings. The lowest BCUT2D eigenvalue weighted by atomic mass is 10.3. The standard InChI is InChI=1S/C13H19N5O4/c1-2-3-7-18-10-9(11(21)17-13(18)22)15-12(16-10)14-6-4-5-8(19)20/h2-7H2,1H3,(H,19,20)(H2,14,15,16)(H,17,21,22). The third-order valence-electron chi connectivity index (χ3n) is 3.23. The Morgan fingerprint density at radius 1 is 1.32 bits per heavy atom. The molecule has 0 bridgehead atoms. The number of hydrogen-bond donors (Lipinski definition) is 4. The van der Waals surface area contributed by atoms with Crippen LogP contribution >= 0.6 is 0 Å². The number of fused-ring (bicyclic) bond motifs is 1. The molecule has 0 aliphatic rings. The van der Waals surface area contributed by atoms with Gasteiger partial charge in [-0.05, 0) is 12.8 Å². The molecule has 2 rings (SSSR count). The monoisotopic (exact) mass is 309 g/mol. The van der Waals surface area contributed by atoms with Crippen LogP contribution in [0.2, 0.25) is 0 Å². The number of carbonyl (C=O) groups is 1. The maximum absolute atomic E-state index is 11.9. The Morgan fingerprint density at radius 2 is 2.09 bits per heavy atom. The first-order valence-electron chi connectivity index (χ1n) is 7.21. The van der Waals surface area contributed by atoms with Crippen molar-refractivity contribution in [2.45, 2.75) is 39.2 Å². The SMILES string of the molecule is CCCCn1c(=O)[nH]c(=O)c2[nH]c(NCCCC(=O)O)nc21. The third-order valence-corrected chi connectivity index (χ3v) is 3.23. The molecule has 120 valence electrons. The van der Waals surface area contributed by atoms with Crippen molar-refractivity contribution in [2.24, 2.45) is 0 Å². The van der Waals surface area contributed by atoms with Gasteiger partial charge >= 0.3 is 11.7 Å². The first-order valence-corrected chi connectivity index (χ1v) is 7.21. The lowest BCUT2D eigenvalue weighted by Crippen LogP contribution is -2.30. The Morgan fingerprint density at radius 3 is 2.77 bits per heavy atom. The molecular formula is C13H19N5O4. The van der Waals surface area contributed by atoms with Gasteiger partial charge in [0.25, 0.3) is 5.56 Å². The number of rotatable bonds is 8. The number of carboxylic acids is 1. The molecule has 2 heterocycles. The highest BCUT2D eigenvalue weighted by Crippen LogP contribution is 2.09. The summed E-state index contributed by atoms with van der Waals surface area (Å²) in [5.41, 5.74) is -0.451. The van der Waals surface area contributed by atoms with Crippen LogP contribution in [0.5, 0.6) is 0 Å². The van der Waals surface area contributed by atoms with Crippen LogP contribution in [0.4, 0.5) is 5.95 Å². The average Bonchev–Trinajstić information content (AvgIpc) is 2.88. The molecule has 0 aromatic carbocycles. The van der Waals surface area contributed by atoms with E-state index in [1.54, 1.807) is 0 Å². The smallest absolute Gasteiger partial charge is 0.330 e. The van der Waals surface area contributed by atoms with Crippen molar-refractivity contribution in [3.05, 3.63) is 20.8 Å². The fraction of sp³-hybridized carbons (Fsp3) is 0.538. The Balaban J connectivity index is 2.24. The Hall–Kier alpha value is -2.58. The lowest BCUT2D eigenvalue weighted by molar-refractivity contribution is -0.137. The van der Waals surface area contributed by atoms with Crippen LogP contribution in [0.25, 0.3) is 11.2 Å². The zero-order valence-corrected chi connectivity index (χ0v) is 12.3. The van der Waals surface area contributed by atoms with E-state index in [1.807, 2.05) is 6.92 Å². The summed E-state index contributed by atoms with van der Waals surface area (Å²) in [7, 11) is 0. The number of nitrogens with one attached hydrogen (secondary N) is 3. The van der Waals surface area contributed by atoms with Gasteiger partial charge in [0.05, 0.1) is 0 Å². The second kappa shape index (κ2) is 6.92. The first-order chi connectivity index (χ1) is 10.5.